The van der Waals surface area contributed by atoms with Crippen molar-refractivity contribution in [3.05, 3.63) is 70.7 Å². The predicted octanol–water partition coefficient (Wildman–Crippen LogP) is 5.04. The number of imidazole rings is 1. The first kappa shape index (κ1) is 27.1. The van der Waals surface area contributed by atoms with Gasteiger partial charge in [-0.2, -0.15) is 5.10 Å². The molecule has 4 aromatic rings. The second kappa shape index (κ2) is 9.74. The lowest BCUT2D eigenvalue weighted by atomic mass is 9.68. The average Bonchev–Trinajstić information content (AvgIpc) is 3.34. The maximum Gasteiger partial charge on any atom is 0.180 e. The number of aromatic nitrogens is 4. The number of fused-ring (bicyclic) bond motifs is 1. The Morgan fingerprint density at radius 3 is 2.42 bits per heavy atom. The van der Waals surface area contributed by atoms with Crippen LogP contribution in [0.25, 0.3) is 17.0 Å². The van der Waals surface area contributed by atoms with E-state index in [2.05, 4.69) is 20.5 Å². The SMILES string of the molecule is Cc1cc(OCc2c(F)cccc2F)c2nc(C)c(-c3cc(C(C(C)(C)C)C(C)(C)NC(=O)[O-])[nH]n3)n2c1. The number of carbonyl (C=O) groups excluding carboxylic acids is 1. The zero-order valence-electron chi connectivity index (χ0n) is 22.6. The normalized spacial score (nSPS) is 13.1. The highest BCUT2D eigenvalue weighted by Gasteiger charge is 2.40. The van der Waals surface area contributed by atoms with E-state index in [4.69, 9.17) is 4.74 Å². The van der Waals surface area contributed by atoms with E-state index >= 15 is 0 Å². The molecule has 38 heavy (non-hydrogen) atoms. The van der Waals surface area contributed by atoms with Crippen molar-refractivity contribution in [3.8, 4) is 17.1 Å². The summed E-state index contributed by atoms with van der Waals surface area (Å²) < 4.78 is 36.0. The number of benzene rings is 1. The van der Waals surface area contributed by atoms with Crippen LogP contribution in [0.3, 0.4) is 0 Å². The number of hydrogen-bond donors (Lipinski definition) is 2. The highest BCUT2D eigenvalue weighted by atomic mass is 19.1. The fourth-order valence-corrected chi connectivity index (χ4v) is 5.47. The lowest BCUT2D eigenvalue weighted by molar-refractivity contribution is -0.253. The summed E-state index contributed by atoms with van der Waals surface area (Å²) in [5.41, 5.74) is 2.74. The molecule has 4 rings (SSSR count). The topological polar surface area (TPSA) is 107 Å². The van der Waals surface area contributed by atoms with Gasteiger partial charge in [-0.1, -0.05) is 26.8 Å². The molecule has 1 unspecified atom stereocenters. The van der Waals surface area contributed by atoms with Crippen LogP contribution in [-0.4, -0.2) is 31.2 Å². The van der Waals surface area contributed by atoms with Crippen LogP contribution in [0.2, 0.25) is 0 Å². The number of halogens is 2. The summed E-state index contributed by atoms with van der Waals surface area (Å²) in [5.74, 6) is -1.25. The Kier molecular flexibility index (Phi) is 6.94. The van der Waals surface area contributed by atoms with Crippen molar-refractivity contribution in [1.82, 2.24) is 24.9 Å². The van der Waals surface area contributed by atoms with Gasteiger partial charge in [0.15, 0.2) is 11.4 Å². The zero-order chi connectivity index (χ0) is 28.0. The summed E-state index contributed by atoms with van der Waals surface area (Å²) in [7, 11) is 0. The molecule has 0 bridgehead atoms. The van der Waals surface area contributed by atoms with Crippen LogP contribution in [0.4, 0.5) is 13.6 Å². The summed E-state index contributed by atoms with van der Waals surface area (Å²) in [6.07, 6.45) is 0.540. The average molecular weight is 525 g/mol. The van der Waals surface area contributed by atoms with Crippen molar-refractivity contribution in [1.29, 1.82) is 0 Å². The van der Waals surface area contributed by atoms with Gasteiger partial charge in [0.25, 0.3) is 0 Å². The van der Waals surface area contributed by atoms with Crippen molar-refractivity contribution >= 4 is 11.7 Å². The maximum absolute atomic E-state index is 14.1. The van der Waals surface area contributed by atoms with Gasteiger partial charge < -0.3 is 20.0 Å². The minimum atomic E-state index is -1.35. The van der Waals surface area contributed by atoms with Crippen molar-refractivity contribution in [2.75, 3.05) is 0 Å². The molecule has 1 aromatic carbocycles. The Morgan fingerprint density at radius 1 is 1.16 bits per heavy atom. The summed E-state index contributed by atoms with van der Waals surface area (Å²) in [5, 5.41) is 21.6. The Balaban J connectivity index is 1.75. The van der Waals surface area contributed by atoms with Crippen LogP contribution in [0.5, 0.6) is 5.75 Å². The molecule has 10 heteroatoms. The lowest BCUT2D eigenvalue weighted by Crippen LogP contribution is -2.55. The van der Waals surface area contributed by atoms with Crippen LogP contribution < -0.4 is 15.2 Å². The van der Waals surface area contributed by atoms with E-state index in [1.165, 1.54) is 18.2 Å². The van der Waals surface area contributed by atoms with Gasteiger partial charge in [0.2, 0.25) is 0 Å². The third-order valence-corrected chi connectivity index (χ3v) is 6.59. The highest BCUT2D eigenvalue weighted by molar-refractivity contribution is 5.69. The number of aromatic amines is 1. The number of nitrogens with one attached hydrogen (secondary N) is 2. The molecule has 0 fully saturated rings. The van der Waals surface area contributed by atoms with Gasteiger partial charge in [-0.25, -0.2) is 13.8 Å². The minimum Gasteiger partial charge on any atom is -0.530 e. The number of pyridine rings is 1. The molecule has 0 aliphatic rings. The predicted molar refractivity (Wildman–Crippen MR) is 138 cm³/mol. The van der Waals surface area contributed by atoms with Gasteiger partial charge in [-0.05, 0) is 62.9 Å². The Bertz CT molecular complexity index is 1480. The molecule has 8 nitrogen and oxygen atoms in total. The molecule has 0 radical (unpaired) electrons. The number of rotatable bonds is 7. The summed E-state index contributed by atoms with van der Waals surface area (Å²) >= 11 is 0. The third-order valence-electron chi connectivity index (χ3n) is 6.59. The Hall–Kier alpha value is -3.95. The quantitative estimate of drug-likeness (QED) is 0.352. The second-order valence-electron chi connectivity index (χ2n) is 11.3. The van der Waals surface area contributed by atoms with Crippen molar-refractivity contribution < 1.29 is 23.4 Å². The van der Waals surface area contributed by atoms with Gasteiger partial charge in [0.05, 0.1) is 17.0 Å². The number of amides is 1. The van der Waals surface area contributed by atoms with Crippen LogP contribution in [0.15, 0.2) is 36.5 Å². The molecule has 3 aromatic heterocycles. The van der Waals surface area contributed by atoms with Crippen LogP contribution in [-0.2, 0) is 6.61 Å². The third kappa shape index (κ3) is 5.20. The van der Waals surface area contributed by atoms with Crippen LogP contribution in [0, 0.1) is 30.9 Å². The molecule has 3 heterocycles. The smallest absolute Gasteiger partial charge is 0.180 e. The van der Waals surface area contributed by atoms with Gasteiger partial charge in [-0.15, -0.1) is 0 Å². The molecule has 1 amide bonds. The summed E-state index contributed by atoms with van der Waals surface area (Å²) in [6.45, 7) is 13.1. The van der Waals surface area contributed by atoms with Crippen molar-refractivity contribution in [3.63, 3.8) is 0 Å². The summed E-state index contributed by atoms with van der Waals surface area (Å²) in [4.78, 5) is 16.1. The molecule has 0 saturated heterocycles. The first-order valence-electron chi connectivity index (χ1n) is 12.3. The van der Waals surface area contributed by atoms with Crippen LogP contribution >= 0.6 is 0 Å². The molecule has 202 valence electrons. The molecular weight excluding hydrogens is 492 g/mol. The van der Waals surface area contributed by atoms with Gasteiger partial charge >= 0.3 is 0 Å². The molecule has 0 aliphatic heterocycles. The second-order valence-corrected chi connectivity index (χ2v) is 11.3. The van der Waals surface area contributed by atoms with Gasteiger partial charge in [-0.3, -0.25) is 9.50 Å². The van der Waals surface area contributed by atoms with E-state index < -0.39 is 23.3 Å². The number of aryl methyl sites for hydroxylation is 2. The van der Waals surface area contributed by atoms with E-state index in [0.29, 0.717) is 28.5 Å². The number of hydrogen-bond acceptors (Lipinski definition) is 5. The maximum atomic E-state index is 14.1. The number of H-pyrrole nitrogens is 1. The molecular formula is C28H32F2N5O3-. The monoisotopic (exact) mass is 524 g/mol. The molecule has 0 aliphatic carbocycles. The van der Waals surface area contributed by atoms with E-state index in [9.17, 15) is 18.7 Å². The first-order valence-corrected chi connectivity index (χ1v) is 12.3. The standard InChI is InChI=1S/C28H33F2N5O3/c1-15-11-22(38-14-17-18(29)9-8-10-19(17)30)25-31-16(2)23(35(25)13-15)20-12-21(34-33-20)24(27(3,4)5)28(6,7)32-26(36)37/h8-13,24,32H,14H2,1-7H3,(H,33,34)(H,36,37)/p-1. The molecule has 0 spiro atoms. The van der Waals surface area contributed by atoms with E-state index in [-0.39, 0.29) is 23.5 Å². The van der Waals surface area contributed by atoms with Gasteiger partial charge in [0.1, 0.15) is 30.0 Å². The van der Waals surface area contributed by atoms with Crippen LogP contribution in [0.1, 0.15) is 63.1 Å². The molecule has 0 saturated carbocycles. The number of ether oxygens (including phenoxy) is 1. The fourth-order valence-electron chi connectivity index (χ4n) is 5.47. The van der Waals surface area contributed by atoms with Crippen molar-refractivity contribution in [2.45, 2.75) is 66.5 Å². The number of carboxylic acid groups (broad SMARTS) is 1. The largest absolute Gasteiger partial charge is 0.530 e. The van der Waals surface area contributed by atoms with E-state index in [0.717, 1.165) is 11.3 Å². The highest BCUT2D eigenvalue weighted by Crippen LogP contribution is 2.43. The van der Waals surface area contributed by atoms with E-state index in [1.54, 1.807) is 6.07 Å². The molecule has 1 atom stereocenters. The number of nitrogens with zero attached hydrogens (tertiary/aromatic N) is 3. The van der Waals surface area contributed by atoms with Crippen molar-refractivity contribution in [2.24, 2.45) is 5.41 Å². The molecule has 2 N–H and O–H groups in total. The Labute approximate surface area is 220 Å². The zero-order valence-corrected chi connectivity index (χ0v) is 22.6. The first-order chi connectivity index (χ1) is 17.7. The Morgan fingerprint density at radius 2 is 1.82 bits per heavy atom. The lowest BCUT2D eigenvalue weighted by Gasteiger charge is -2.43. The van der Waals surface area contributed by atoms with Gasteiger partial charge in [0, 0.05) is 23.3 Å². The summed E-state index contributed by atoms with van der Waals surface area (Å²) in [6, 6.07) is 7.35. The minimum absolute atomic E-state index is 0.159. The van der Waals surface area contributed by atoms with E-state index in [1.807, 2.05) is 65.1 Å². The number of carbonyl (C=O) groups is 1. The fraction of sp³-hybridized carbons (Fsp3) is 0.393.